The van der Waals surface area contributed by atoms with Crippen LogP contribution in [-0.4, -0.2) is 37.1 Å². The molecule has 0 spiro atoms. The van der Waals surface area contributed by atoms with E-state index in [0.717, 1.165) is 85.4 Å². The first-order valence-corrected chi connectivity index (χ1v) is 29.2. The van der Waals surface area contributed by atoms with E-state index in [1.807, 2.05) is 0 Å². The van der Waals surface area contributed by atoms with Crippen LogP contribution in [0.1, 0.15) is 186 Å². The van der Waals surface area contributed by atoms with Gasteiger partial charge in [0.15, 0.2) is 0 Å². The zero-order chi connectivity index (χ0) is 57.8. The van der Waals surface area contributed by atoms with E-state index in [0.29, 0.717) is 28.8 Å². The van der Waals surface area contributed by atoms with Gasteiger partial charge in [-0.05, 0) is 183 Å². The molecule has 8 bridgehead atoms. The zero-order valence-electron chi connectivity index (χ0n) is 49.9. The molecule has 1 saturated carbocycles. The first kappa shape index (κ1) is 54.1. The maximum Gasteiger partial charge on any atom is 0.335 e. The van der Waals surface area contributed by atoms with Crippen LogP contribution in [0.5, 0.6) is 0 Å². The number of rotatable bonds is 5. The number of benzene rings is 5. The van der Waals surface area contributed by atoms with Gasteiger partial charge in [0.2, 0.25) is 0 Å². The highest BCUT2D eigenvalue weighted by atomic mass is 16.4. The predicted molar refractivity (Wildman–Crippen MR) is 343 cm³/mol. The summed E-state index contributed by atoms with van der Waals surface area (Å²) < 4.78 is 0. The fraction of sp³-hybridized carbons (Fsp3) is 0.293. The SMILES string of the molecule is Cc1ccc(N2c3ccc(-c4c5nc(c(-c6cc(C(C)(C)C)cc(C(C)(C)C)c6)c6ccc([nH]6)c(C#Cc6ccc(C(=O)O)cc6)c6nc(c(-c7cc(C(C)(C)C)cc(C(C)(C)C)c7)c7ccc4[nH]7)C=C6)C=C5)cc3C3CCCC32)cc1. The fourth-order valence-electron chi connectivity index (χ4n) is 12.4. The molecule has 2 unspecified atom stereocenters. The molecular formula is C75H75N5O2. The van der Waals surface area contributed by atoms with Gasteiger partial charge in [-0.2, -0.15) is 0 Å². The highest BCUT2D eigenvalue weighted by Gasteiger charge is 2.42. The van der Waals surface area contributed by atoms with Gasteiger partial charge in [0.25, 0.3) is 0 Å². The van der Waals surface area contributed by atoms with E-state index in [-0.39, 0.29) is 27.2 Å². The first-order chi connectivity index (χ1) is 38.8. The van der Waals surface area contributed by atoms with Crippen LogP contribution in [0.4, 0.5) is 11.4 Å². The number of aryl methyl sites for hydroxylation is 1. The molecule has 7 nitrogen and oxygen atoms in total. The second-order valence-electron chi connectivity index (χ2n) is 27.3. The Balaban J connectivity index is 1.21. The van der Waals surface area contributed by atoms with Crippen molar-refractivity contribution in [3.8, 4) is 45.2 Å². The van der Waals surface area contributed by atoms with Crippen molar-refractivity contribution < 1.29 is 9.90 Å². The lowest BCUT2D eigenvalue weighted by Crippen LogP contribution is -2.26. The third-order valence-corrected chi connectivity index (χ3v) is 17.2. The van der Waals surface area contributed by atoms with Gasteiger partial charge in [0.1, 0.15) is 0 Å². The maximum absolute atomic E-state index is 11.9. The lowest BCUT2D eigenvalue weighted by Gasteiger charge is -2.27. The Morgan fingerprint density at radius 1 is 0.512 bits per heavy atom. The summed E-state index contributed by atoms with van der Waals surface area (Å²) in [4.78, 5) is 33.9. The van der Waals surface area contributed by atoms with Crippen LogP contribution in [0, 0.1) is 18.8 Å². The Bertz CT molecular complexity index is 4080. The summed E-state index contributed by atoms with van der Waals surface area (Å²) >= 11 is 0. The lowest BCUT2D eigenvalue weighted by atomic mass is 9.78. The standard InChI is InChI=1S/C75H75N5O2/c1-44-17-25-54(26-18-44)80-66-16-14-15-55(66)57-41-47(24-36-67(57)80)68-60-32-34-64(78-60)69(48-37-50(72(2,3)4)42-51(38-48)73(5,6)7)62-30-28-58(76-62)56(27-21-45-19-22-46(23-20-45)71(81)82)59-29-31-63(77-59)70(65-35-33-61(68)79-65)49-39-52(74(8,9)10)43-53(40-49)75(11,12)13/h17-20,22-26,28-43,55,66,76,79H,14-16H2,1-13H3,(H,81,82). The van der Waals surface area contributed by atoms with Crippen molar-refractivity contribution in [2.45, 2.75) is 143 Å². The van der Waals surface area contributed by atoms with E-state index < -0.39 is 5.97 Å². The number of carbonyl (C=O) groups is 1. The Kier molecular flexibility index (Phi) is 13.1. The molecule has 82 heavy (non-hydrogen) atoms. The average molecular weight is 1080 g/mol. The Morgan fingerprint density at radius 3 is 1.48 bits per heavy atom. The van der Waals surface area contributed by atoms with Crippen LogP contribution in [0.25, 0.3) is 79.8 Å². The molecular weight excluding hydrogens is 1000 g/mol. The average Bonchev–Trinajstić information content (AvgIpc) is 4.45. The van der Waals surface area contributed by atoms with Gasteiger partial charge < -0.3 is 20.0 Å². The van der Waals surface area contributed by atoms with Gasteiger partial charge in [-0.15, -0.1) is 0 Å². The Morgan fingerprint density at radius 2 is 0.976 bits per heavy atom. The van der Waals surface area contributed by atoms with E-state index in [4.69, 9.17) is 9.97 Å². The van der Waals surface area contributed by atoms with Crippen LogP contribution < -0.4 is 4.90 Å². The van der Waals surface area contributed by atoms with E-state index in [2.05, 4.69) is 244 Å². The summed E-state index contributed by atoms with van der Waals surface area (Å²) in [6.07, 6.45) is 12.2. The van der Waals surface area contributed by atoms with Crippen molar-refractivity contribution in [2.24, 2.45) is 0 Å². The number of fused-ring (bicyclic) bond motifs is 11. The number of carboxylic acid groups (broad SMARTS) is 1. The second-order valence-corrected chi connectivity index (χ2v) is 27.3. The molecule has 3 N–H and O–H groups in total. The van der Waals surface area contributed by atoms with Gasteiger partial charge >= 0.3 is 5.97 Å². The minimum absolute atomic E-state index is 0.133. The molecule has 3 aliphatic heterocycles. The van der Waals surface area contributed by atoms with Crippen molar-refractivity contribution in [3.05, 3.63) is 200 Å². The molecule has 4 aliphatic rings. The number of nitrogens with zero attached hydrogens (tertiary/aromatic N) is 3. The summed E-state index contributed by atoms with van der Waals surface area (Å²) in [5.74, 6) is 6.40. The summed E-state index contributed by atoms with van der Waals surface area (Å²) in [5.41, 5.74) is 24.5. The van der Waals surface area contributed by atoms with E-state index >= 15 is 0 Å². The van der Waals surface area contributed by atoms with Crippen molar-refractivity contribution >= 4 is 63.7 Å². The highest BCUT2D eigenvalue weighted by molar-refractivity contribution is 5.99. The van der Waals surface area contributed by atoms with Crippen LogP contribution in [0.15, 0.2) is 127 Å². The van der Waals surface area contributed by atoms with Crippen molar-refractivity contribution in [1.29, 1.82) is 0 Å². The molecule has 8 aromatic rings. The molecule has 2 atom stereocenters. The van der Waals surface area contributed by atoms with Gasteiger partial charge in [-0.25, -0.2) is 14.8 Å². The smallest absolute Gasteiger partial charge is 0.335 e. The summed E-state index contributed by atoms with van der Waals surface area (Å²) in [5, 5.41) is 9.73. The van der Waals surface area contributed by atoms with Crippen molar-refractivity contribution in [2.75, 3.05) is 4.90 Å². The number of hydrogen-bond acceptors (Lipinski definition) is 4. The van der Waals surface area contributed by atoms with Gasteiger partial charge in [0.05, 0.1) is 39.4 Å². The maximum atomic E-state index is 11.9. The van der Waals surface area contributed by atoms with Gasteiger partial charge in [-0.3, -0.25) is 0 Å². The number of nitrogens with one attached hydrogen (secondary N) is 2. The molecule has 5 aromatic carbocycles. The molecule has 1 aliphatic carbocycles. The quantitative estimate of drug-likeness (QED) is 0.149. The van der Waals surface area contributed by atoms with Crippen molar-refractivity contribution in [3.63, 3.8) is 0 Å². The minimum Gasteiger partial charge on any atom is -0.478 e. The third-order valence-electron chi connectivity index (χ3n) is 17.2. The molecule has 3 aromatic heterocycles. The number of anilines is 2. The second kappa shape index (κ2) is 19.9. The Labute approximate surface area is 484 Å². The van der Waals surface area contributed by atoms with Gasteiger partial charge in [-0.1, -0.05) is 162 Å². The van der Waals surface area contributed by atoms with E-state index in [1.54, 1.807) is 24.3 Å². The summed E-state index contributed by atoms with van der Waals surface area (Å²) in [6, 6.07) is 46.3. The largest absolute Gasteiger partial charge is 0.478 e. The van der Waals surface area contributed by atoms with Gasteiger partial charge in [0, 0.05) is 62.1 Å². The molecule has 1 fully saturated rings. The van der Waals surface area contributed by atoms with Crippen LogP contribution in [0.3, 0.4) is 0 Å². The highest BCUT2D eigenvalue weighted by Crippen LogP contribution is 2.54. The van der Waals surface area contributed by atoms with Crippen LogP contribution in [-0.2, 0) is 21.7 Å². The summed E-state index contributed by atoms with van der Waals surface area (Å²) in [7, 11) is 0. The monoisotopic (exact) mass is 1080 g/mol. The topological polar surface area (TPSA) is 97.9 Å². The molecule has 0 amide bonds. The molecule has 6 heterocycles. The number of aromatic nitrogens is 4. The number of carboxylic acids is 1. The fourth-order valence-corrected chi connectivity index (χ4v) is 12.4. The van der Waals surface area contributed by atoms with E-state index in [1.165, 1.54) is 51.2 Å². The molecule has 0 radical (unpaired) electrons. The molecule has 7 heteroatoms. The first-order valence-electron chi connectivity index (χ1n) is 29.2. The summed E-state index contributed by atoms with van der Waals surface area (Å²) in [6.45, 7) is 29.6. The number of hydrogen-bond donors (Lipinski definition) is 3. The van der Waals surface area contributed by atoms with Crippen LogP contribution >= 0.6 is 0 Å². The number of H-pyrrole nitrogens is 2. The lowest BCUT2D eigenvalue weighted by molar-refractivity contribution is 0.0696. The minimum atomic E-state index is -0.978. The van der Waals surface area contributed by atoms with Crippen molar-refractivity contribution in [1.82, 2.24) is 19.9 Å². The number of aromatic amines is 2. The Hall–Kier alpha value is -8.47. The third kappa shape index (κ3) is 10.1. The van der Waals surface area contributed by atoms with Crippen LogP contribution in [0.2, 0.25) is 0 Å². The molecule has 412 valence electrons. The number of aromatic carboxylic acids is 1. The normalized spacial score (nSPS) is 15.8. The van der Waals surface area contributed by atoms with E-state index in [9.17, 15) is 9.90 Å². The predicted octanol–water partition coefficient (Wildman–Crippen LogP) is 19.0. The molecule has 0 saturated heterocycles. The zero-order valence-corrected chi connectivity index (χ0v) is 49.9. The molecule has 12 rings (SSSR count).